The third kappa shape index (κ3) is 7.31. The lowest BCUT2D eigenvalue weighted by Gasteiger charge is -2.09. The number of carbonyl (C=O) groups excluding carboxylic acids is 2. The Bertz CT molecular complexity index is 457. The Labute approximate surface area is 125 Å². The molecular formula is C15H24N4O2. The molecular weight excluding hydrogens is 268 g/mol. The van der Waals surface area contributed by atoms with Crippen molar-refractivity contribution >= 4 is 23.3 Å². The highest BCUT2D eigenvalue weighted by Gasteiger charge is 2.03. The Balaban J connectivity index is 2.34. The van der Waals surface area contributed by atoms with Gasteiger partial charge in [-0.2, -0.15) is 0 Å². The number of hydrogen-bond donors (Lipinski definition) is 4. The molecule has 0 aliphatic rings. The molecule has 0 atom stereocenters. The molecule has 6 heteroatoms. The van der Waals surface area contributed by atoms with Crippen molar-refractivity contribution in [3.05, 3.63) is 24.3 Å². The largest absolute Gasteiger partial charge is 0.341 e. The van der Waals surface area contributed by atoms with E-state index in [1.165, 1.54) is 0 Å². The molecule has 3 amide bonds. The van der Waals surface area contributed by atoms with E-state index in [1.807, 2.05) is 0 Å². The Hall–Kier alpha value is -2.08. The second-order valence-corrected chi connectivity index (χ2v) is 5.04. The van der Waals surface area contributed by atoms with Crippen LogP contribution in [0.3, 0.4) is 0 Å². The van der Waals surface area contributed by atoms with Gasteiger partial charge in [-0.05, 0) is 37.2 Å². The number of benzene rings is 1. The van der Waals surface area contributed by atoms with Crippen LogP contribution < -0.4 is 21.3 Å². The highest BCUT2D eigenvalue weighted by Crippen LogP contribution is 2.13. The molecule has 1 rings (SSSR count). The Morgan fingerprint density at radius 1 is 1.05 bits per heavy atom. The Morgan fingerprint density at radius 3 is 2.14 bits per heavy atom. The molecule has 1 aromatic rings. The summed E-state index contributed by atoms with van der Waals surface area (Å²) < 4.78 is 0. The standard InChI is InChI=1S/C15H24N4O2/c1-11(2)17-10-4-5-14(20)18-12-6-8-13(9-7-12)19-15(21)16-3/h6-9,11,17H,4-5,10H2,1-3H3,(H,18,20)(H2,16,19,21). The average Bonchev–Trinajstić information content (AvgIpc) is 2.45. The highest BCUT2D eigenvalue weighted by molar-refractivity contribution is 5.92. The van der Waals surface area contributed by atoms with Crippen molar-refractivity contribution in [3.8, 4) is 0 Å². The maximum atomic E-state index is 11.7. The molecule has 0 saturated carbocycles. The molecule has 1 aromatic carbocycles. The van der Waals surface area contributed by atoms with Gasteiger partial charge in [0.2, 0.25) is 5.91 Å². The number of nitrogens with one attached hydrogen (secondary N) is 4. The summed E-state index contributed by atoms with van der Waals surface area (Å²) in [5, 5.41) is 11.2. The predicted octanol–water partition coefficient (Wildman–Crippen LogP) is 2.15. The van der Waals surface area contributed by atoms with Gasteiger partial charge >= 0.3 is 6.03 Å². The van der Waals surface area contributed by atoms with Gasteiger partial charge in [0.05, 0.1) is 0 Å². The smallest absolute Gasteiger partial charge is 0.318 e. The molecule has 0 radical (unpaired) electrons. The fourth-order valence-corrected chi connectivity index (χ4v) is 1.69. The summed E-state index contributed by atoms with van der Waals surface area (Å²) in [5.74, 6) is -0.00688. The summed E-state index contributed by atoms with van der Waals surface area (Å²) in [6.07, 6.45) is 1.29. The number of carbonyl (C=O) groups is 2. The zero-order valence-corrected chi connectivity index (χ0v) is 12.8. The van der Waals surface area contributed by atoms with E-state index in [9.17, 15) is 9.59 Å². The predicted molar refractivity (Wildman–Crippen MR) is 85.5 cm³/mol. The van der Waals surface area contributed by atoms with Crippen LogP contribution in [0.2, 0.25) is 0 Å². The van der Waals surface area contributed by atoms with Crippen LogP contribution in [-0.2, 0) is 4.79 Å². The molecule has 0 aliphatic heterocycles. The summed E-state index contributed by atoms with van der Waals surface area (Å²) in [7, 11) is 1.55. The van der Waals surface area contributed by atoms with Crippen molar-refractivity contribution in [2.75, 3.05) is 24.2 Å². The lowest BCUT2D eigenvalue weighted by atomic mass is 10.2. The van der Waals surface area contributed by atoms with Crippen LogP contribution >= 0.6 is 0 Å². The fourth-order valence-electron chi connectivity index (χ4n) is 1.69. The van der Waals surface area contributed by atoms with Crippen molar-refractivity contribution < 1.29 is 9.59 Å². The molecule has 0 spiro atoms. The van der Waals surface area contributed by atoms with Crippen LogP contribution in [0.1, 0.15) is 26.7 Å². The van der Waals surface area contributed by atoms with E-state index >= 15 is 0 Å². The third-order valence-corrected chi connectivity index (χ3v) is 2.79. The van der Waals surface area contributed by atoms with E-state index in [1.54, 1.807) is 31.3 Å². The van der Waals surface area contributed by atoms with Gasteiger partial charge in [-0.25, -0.2) is 4.79 Å². The number of hydrogen-bond acceptors (Lipinski definition) is 3. The van der Waals surface area contributed by atoms with Gasteiger partial charge in [0.25, 0.3) is 0 Å². The van der Waals surface area contributed by atoms with Crippen LogP contribution in [-0.4, -0.2) is 31.6 Å². The summed E-state index contributed by atoms with van der Waals surface area (Å²) in [4.78, 5) is 22.9. The van der Waals surface area contributed by atoms with Crippen molar-refractivity contribution in [1.29, 1.82) is 0 Å². The van der Waals surface area contributed by atoms with Crippen LogP contribution in [0.4, 0.5) is 16.2 Å². The van der Waals surface area contributed by atoms with E-state index in [0.717, 1.165) is 18.7 Å². The van der Waals surface area contributed by atoms with Gasteiger partial charge < -0.3 is 21.3 Å². The van der Waals surface area contributed by atoms with Gasteiger partial charge in [-0.3, -0.25) is 4.79 Å². The number of amides is 3. The first kappa shape index (κ1) is 17.0. The van der Waals surface area contributed by atoms with Crippen LogP contribution in [0, 0.1) is 0 Å². The van der Waals surface area contributed by atoms with Gasteiger partial charge in [-0.15, -0.1) is 0 Å². The zero-order chi connectivity index (χ0) is 15.7. The summed E-state index contributed by atoms with van der Waals surface area (Å²) in [6, 6.07) is 7.17. The summed E-state index contributed by atoms with van der Waals surface area (Å²) in [5.41, 5.74) is 1.40. The molecule has 0 bridgehead atoms. The van der Waals surface area contributed by atoms with Gasteiger partial charge in [0, 0.05) is 30.9 Å². The van der Waals surface area contributed by atoms with Crippen molar-refractivity contribution in [3.63, 3.8) is 0 Å². The molecule has 116 valence electrons. The first-order chi connectivity index (χ1) is 10.0. The number of urea groups is 1. The highest BCUT2D eigenvalue weighted by atomic mass is 16.2. The molecule has 6 nitrogen and oxygen atoms in total. The van der Waals surface area contributed by atoms with E-state index < -0.39 is 0 Å². The van der Waals surface area contributed by atoms with Crippen molar-refractivity contribution in [2.24, 2.45) is 0 Å². The van der Waals surface area contributed by atoms with E-state index in [2.05, 4.69) is 35.1 Å². The molecule has 0 saturated heterocycles. The molecule has 4 N–H and O–H groups in total. The maximum Gasteiger partial charge on any atom is 0.318 e. The van der Waals surface area contributed by atoms with Gasteiger partial charge in [-0.1, -0.05) is 13.8 Å². The number of anilines is 2. The second kappa shape index (κ2) is 8.97. The Kier molecular flexibility index (Phi) is 7.25. The molecule has 0 aromatic heterocycles. The molecule has 0 unspecified atom stereocenters. The van der Waals surface area contributed by atoms with Crippen LogP contribution in [0.25, 0.3) is 0 Å². The first-order valence-corrected chi connectivity index (χ1v) is 7.13. The molecule has 0 heterocycles. The van der Waals surface area contributed by atoms with Crippen molar-refractivity contribution in [1.82, 2.24) is 10.6 Å². The number of rotatable bonds is 7. The van der Waals surface area contributed by atoms with Crippen LogP contribution in [0.15, 0.2) is 24.3 Å². The molecule has 0 fully saturated rings. The summed E-state index contributed by atoms with van der Waals surface area (Å²) in [6.45, 7) is 4.99. The first-order valence-electron chi connectivity index (χ1n) is 7.13. The SMILES string of the molecule is CNC(=O)Nc1ccc(NC(=O)CCCNC(C)C)cc1. The minimum Gasteiger partial charge on any atom is -0.341 e. The van der Waals surface area contributed by atoms with Crippen LogP contribution in [0.5, 0.6) is 0 Å². The third-order valence-electron chi connectivity index (χ3n) is 2.79. The molecule has 0 aliphatic carbocycles. The monoisotopic (exact) mass is 292 g/mol. The van der Waals surface area contributed by atoms with E-state index in [0.29, 0.717) is 18.2 Å². The van der Waals surface area contributed by atoms with Gasteiger partial charge in [0.15, 0.2) is 0 Å². The second-order valence-electron chi connectivity index (χ2n) is 5.04. The lowest BCUT2D eigenvalue weighted by molar-refractivity contribution is -0.116. The topological polar surface area (TPSA) is 82.3 Å². The van der Waals surface area contributed by atoms with E-state index in [-0.39, 0.29) is 11.9 Å². The fraction of sp³-hybridized carbons (Fsp3) is 0.467. The minimum atomic E-state index is -0.274. The Morgan fingerprint density at radius 2 is 1.62 bits per heavy atom. The zero-order valence-electron chi connectivity index (χ0n) is 12.8. The maximum absolute atomic E-state index is 11.7. The van der Waals surface area contributed by atoms with Gasteiger partial charge in [0.1, 0.15) is 0 Å². The minimum absolute atomic E-state index is 0.00688. The molecule has 21 heavy (non-hydrogen) atoms. The average molecular weight is 292 g/mol. The normalized spacial score (nSPS) is 10.3. The lowest BCUT2D eigenvalue weighted by Crippen LogP contribution is -2.25. The van der Waals surface area contributed by atoms with Crippen molar-refractivity contribution in [2.45, 2.75) is 32.7 Å². The quantitative estimate of drug-likeness (QED) is 0.581. The van der Waals surface area contributed by atoms with E-state index in [4.69, 9.17) is 0 Å². The summed E-state index contributed by atoms with van der Waals surface area (Å²) >= 11 is 0.